The van der Waals surface area contributed by atoms with E-state index in [2.05, 4.69) is 4.98 Å². The Morgan fingerprint density at radius 3 is 2.92 bits per heavy atom. The van der Waals surface area contributed by atoms with Gasteiger partial charge in [0.2, 0.25) is 0 Å². The number of aromatic nitrogens is 1. The predicted molar refractivity (Wildman–Crippen MR) is 46.2 cm³/mol. The molecule has 1 aromatic heterocycles. The second-order valence-electron chi connectivity index (χ2n) is 2.69. The Morgan fingerprint density at radius 1 is 1.38 bits per heavy atom. The predicted octanol–water partition coefficient (Wildman–Crippen LogP) is 1.37. The number of pyridine rings is 1. The van der Waals surface area contributed by atoms with Gasteiger partial charge in [-0.3, -0.25) is 4.79 Å². The SMILES string of the molecule is O=c1[nH]c2c(F)cccc2cc1O. The number of fused-ring (bicyclic) bond motifs is 1. The molecule has 1 heterocycles. The molecule has 0 saturated heterocycles. The highest BCUT2D eigenvalue weighted by molar-refractivity contribution is 5.79. The highest BCUT2D eigenvalue weighted by Gasteiger charge is 2.03. The molecule has 2 aromatic rings. The van der Waals surface area contributed by atoms with E-state index in [0.29, 0.717) is 5.39 Å². The van der Waals surface area contributed by atoms with Gasteiger partial charge in [-0.2, -0.15) is 0 Å². The number of nitrogens with one attached hydrogen (secondary N) is 1. The van der Waals surface area contributed by atoms with Gasteiger partial charge in [-0.1, -0.05) is 12.1 Å². The van der Waals surface area contributed by atoms with Crippen molar-refractivity contribution in [3.63, 3.8) is 0 Å². The van der Waals surface area contributed by atoms with Crippen LogP contribution in [-0.4, -0.2) is 10.1 Å². The first-order valence-electron chi connectivity index (χ1n) is 3.69. The molecule has 0 aliphatic heterocycles. The lowest BCUT2D eigenvalue weighted by Crippen LogP contribution is -2.05. The molecule has 4 heteroatoms. The zero-order chi connectivity index (χ0) is 9.42. The summed E-state index contributed by atoms with van der Waals surface area (Å²) in [6.07, 6.45) is 0. The minimum absolute atomic E-state index is 0.116. The van der Waals surface area contributed by atoms with Crippen molar-refractivity contribution in [2.45, 2.75) is 0 Å². The van der Waals surface area contributed by atoms with Crippen LogP contribution in [0, 0.1) is 5.82 Å². The van der Waals surface area contributed by atoms with E-state index in [4.69, 9.17) is 5.11 Å². The van der Waals surface area contributed by atoms with Crippen molar-refractivity contribution < 1.29 is 9.50 Å². The first-order chi connectivity index (χ1) is 6.18. The minimum atomic E-state index is -0.683. The molecule has 0 spiro atoms. The number of hydrogen-bond donors (Lipinski definition) is 2. The average Bonchev–Trinajstić information content (AvgIpc) is 2.09. The van der Waals surface area contributed by atoms with Gasteiger partial charge in [-0.25, -0.2) is 4.39 Å². The molecule has 0 saturated carbocycles. The summed E-state index contributed by atoms with van der Waals surface area (Å²) in [5.74, 6) is -0.910. The van der Waals surface area contributed by atoms with Crippen molar-refractivity contribution in [3.05, 3.63) is 40.4 Å². The number of halogens is 1. The summed E-state index contributed by atoms with van der Waals surface area (Å²) in [4.78, 5) is 13.2. The molecule has 0 aliphatic carbocycles. The second kappa shape index (κ2) is 2.58. The van der Waals surface area contributed by atoms with Gasteiger partial charge in [0.1, 0.15) is 5.82 Å². The largest absolute Gasteiger partial charge is 0.503 e. The summed E-state index contributed by atoms with van der Waals surface area (Å²) < 4.78 is 13.0. The normalized spacial score (nSPS) is 10.5. The lowest BCUT2D eigenvalue weighted by atomic mass is 10.2. The van der Waals surface area contributed by atoms with Crippen LogP contribution in [0.1, 0.15) is 0 Å². The first-order valence-corrected chi connectivity index (χ1v) is 3.69. The van der Waals surface area contributed by atoms with E-state index in [-0.39, 0.29) is 5.52 Å². The Morgan fingerprint density at radius 2 is 2.15 bits per heavy atom. The third kappa shape index (κ3) is 1.16. The zero-order valence-electron chi connectivity index (χ0n) is 6.54. The molecular weight excluding hydrogens is 173 g/mol. The van der Waals surface area contributed by atoms with Crippen molar-refractivity contribution in [1.29, 1.82) is 0 Å². The summed E-state index contributed by atoms with van der Waals surface area (Å²) >= 11 is 0. The average molecular weight is 179 g/mol. The van der Waals surface area contributed by atoms with Crippen LogP contribution in [0.25, 0.3) is 10.9 Å². The van der Waals surface area contributed by atoms with Gasteiger partial charge in [0.25, 0.3) is 5.56 Å². The summed E-state index contributed by atoms with van der Waals surface area (Å²) in [5.41, 5.74) is -0.567. The molecule has 0 amide bonds. The number of rotatable bonds is 0. The quantitative estimate of drug-likeness (QED) is 0.641. The monoisotopic (exact) mass is 179 g/mol. The minimum Gasteiger partial charge on any atom is -0.503 e. The van der Waals surface area contributed by atoms with Crippen molar-refractivity contribution in [2.24, 2.45) is 0 Å². The van der Waals surface area contributed by atoms with E-state index in [1.54, 1.807) is 6.07 Å². The van der Waals surface area contributed by atoms with Gasteiger partial charge in [0, 0.05) is 5.39 Å². The van der Waals surface area contributed by atoms with Crippen LogP contribution < -0.4 is 5.56 Å². The van der Waals surface area contributed by atoms with Crippen LogP contribution in [0.15, 0.2) is 29.1 Å². The molecule has 0 unspecified atom stereocenters. The van der Waals surface area contributed by atoms with E-state index in [1.165, 1.54) is 18.2 Å². The molecule has 0 bridgehead atoms. The Hall–Kier alpha value is -1.84. The van der Waals surface area contributed by atoms with E-state index in [1.807, 2.05) is 0 Å². The van der Waals surface area contributed by atoms with Crippen LogP contribution >= 0.6 is 0 Å². The number of hydrogen-bond acceptors (Lipinski definition) is 2. The van der Waals surface area contributed by atoms with E-state index < -0.39 is 17.1 Å². The maximum absolute atomic E-state index is 13.0. The fourth-order valence-electron chi connectivity index (χ4n) is 1.18. The van der Waals surface area contributed by atoms with Crippen molar-refractivity contribution in [1.82, 2.24) is 4.98 Å². The molecular formula is C9H6FNO2. The Labute approximate surface area is 72.5 Å². The van der Waals surface area contributed by atoms with Crippen molar-refractivity contribution >= 4 is 10.9 Å². The zero-order valence-corrected chi connectivity index (χ0v) is 6.54. The van der Waals surface area contributed by atoms with Gasteiger partial charge in [-0.05, 0) is 12.1 Å². The number of benzene rings is 1. The van der Waals surface area contributed by atoms with E-state index in [0.717, 1.165) is 0 Å². The molecule has 0 aliphatic rings. The molecule has 66 valence electrons. The highest BCUT2D eigenvalue weighted by atomic mass is 19.1. The van der Waals surface area contributed by atoms with Gasteiger partial charge in [0.15, 0.2) is 5.75 Å². The third-order valence-corrected chi connectivity index (χ3v) is 1.81. The lowest BCUT2D eigenvalue weighted by molar-refractivity contribution is 0.468. The number of aromatic amines is 1. The Balaban J connectivity index is 2.97. The lowest BCUT2D eigenvalue weighted by Gasteiger charge is -1.98. The molecule has 1 aromatic carbocycles. The van der Waals surface area contributed by atoms with Gasteiger partial charge in [-0.15, -0.1) is 0 Å². The van der Waals surface area contributed by atoms with Gasteiger partial charge in [0.05, 0.1) is 5.52 Å². The first kappa shape index (κ1) is 7.79. The summed E-state index contributed by atoms with van der Waals surface area (Å²) in [6, 6.07) is 5.59. The van der Waals surface area contributed by atoms with Gasteiger partial charge < -0.3 is 10.1 Å². The molecule has 0 radical (unpaired) electrons. The van der Waals surface area contributed by atoms with Crippen LogP contribution in [-0.2, 0) is 0 Å². The fourth-order valence-corrected chi connectivity index (χ4v) is 1.18. The second-order valence-corrected chi connectivity index (χ2v) is 2.69. The Bertz CT molecular complexity index is 518. The highest BCUT2D eigenvalue weighted by Crippen LogP contribution is 2.16. The summed E-state index contributed by atoms with van der Waals surface area (Å²) in [6.45, 7) is 0. The molecule has 2 rings (SSSR count). The maximum atomic E-state index is 13.0. The standard InChI is InChI=1S/C9H6FNO2/c10-6-3-1-2-5-4-7(12)9(13)11-8(5)6/h1-4,12H,(H,11,13). The summed E-state index contributed by atoms with van der Waals surface area (Å²) in [7, 11) is 0. The third-order valence-electron chi connectivity index (χ3n) is 1.81. The molecule has 2 N–H and O–H groups in total. The number of aromatic hydroxyl groups is 1. The van der Waals surface area contributed by atoms with Crippen LogP contribution in [0.4, 0.5) is 4.39 Å². The molecule has 13 heavy (non-hydrogen) atoms. The molecule has 0 atom stereocenters. The number of H-pyrrole nitrogens is 1. The summed E-state index contributed by atoms with van der Waals surface area (Å²) in [5, 5.41) is 9.51. The van der Waals surface area contributed by atoms with Crippen molar-refractivity contribution in [2.75, 3.05) is 0 Å². The smallest absolute Gasteiger partial charge is 0.290 e. The van der Waals surface area contributed by atoms with Crippen LogP contribution in [0.3, 0.4) is 0 Å². The molecule has 3 nitrogen and oxygen atoms in total. The van der Waals surface area contributed by atoms with Crippen LogP contribution in [0.5, 0.6) is 5.75 Å². The number of para-hydroxylation sites is 1. The van der Waals surface area contributed by atoms with E-state index >= 15 is 0 Å². The fraction of sp³-hybridized carbons (Fsp3) is 0. The topological polar surface area (TPSA) is 53.1 Å². The van der Waals surface area contributed by atoms with Crippen LogP contribution in [0.2, 0.25) is 0 Å². The van der Waals surface area contributed by atoms with E-state index in [9.17, 15) is 9.18 Å². The molecule has 0 fully saturated rings. The van der Waals surface area contributed by atoms with Gasteiger partial charge >= 0.3 is 0 Å². The Kier molecular flexibility index (Phi) is 1.55. The van der Waals surface area contributed by atoms with Crippen molar-refractivity contribution in [3.8, 4) is 5.75 Å². The maximum Gasteiger partial charge on any atom is 0.290 e.